The Kier molecular flexibility index (Phi) is 7.12. The number of carbonyl (C=O) groups is 2. The summed E-state index contributed by atoms with van der Waals surface area (Å²) in [5.74, 6) is 0.176. The molecular formula is C30H28F3NO6. The van der Waals surface area contributed by atoms with Gasteiger partial charge in [-0.3, -0.25) is 4.79 Å². The lowest BCUT2D eigenvalue weighted by molar-refractivity contribution is -0.274. The zero-order chi connectivity index (χ0) is 28.7. The highest BCUT2D eigenvalue weighted by Gasteiger charge is 2.43. The summed E-state index contributed by atoms with van der Waals surface area (Å²) in [6.07, 6.45) is -3.90. The van der Waals surface area contributed by atoms with Crippen molar-refractivity contribution < 1.29 is 41.7 Å². The molecule has 7 nitrogen and oxygen atoms in total. The molecule has 0 radical (unpaired) electrons. The van der Waals surface area contributed by atoms with E-state index in [1.807, 2.05) is 6.07 Å². The zero-order valence-corrected chi connectivity index (χ0v) is 22.1. The standard InChI is InChI=1S/C30H28F3NO6/c1-29(13-12-19-14-21(9-11-23(19)29)40-30(31,32)33)28(36)34-24-16-25(17-4-6-18(7-5-17)27(35)38-3)39-26-15-20(37-2)8-10-22(24)26/h4-11,14-15,24-25H,12-13,16H2,1-3H3,(H,34,36)/t24-,25-,29?/m1/s1. The third kappa shape index (κ3) is 5.30. The Morgan fingerprint density at radius 2 is 1.73 bits per heavy atom. The molecule has 0 aromatic heterocycles. The lowest BCUT2D eigenvalue weighted by Crippen LogP contribution is -2.44. The van der Waals surface area contributed by atoms with Crippen LogP contribution in [0.2, 0.25) is 0 Å². The Morgan fingerprint density at radius 3 is 2.40 bits per heavy atom. The number of benzene rings is 3. The fraction of sp³-hybridized carbons (Fsp3) is 0.333. The van der Waals surface area contributed by atoms with Gasteiger partial charge in [0.05, 0.1) is 31.2 Å². The molecule has 1 amide bonds. The molecule has 1 unspecified atom stereocenters. The Bertz CT molecular complexity index is 1440. The van der Waals surface area contributed by atoms with Gasteiger partial charge in [-0.05, 0) is 72.9 Å². The van der Waals surface area contributed by atoms with Crippen LogP contribution in [0.1, 0.15) is 64.5 Å². The second kappa shape index (κ2) is 10.4. The predicted octanol–water partition coefficient (Wildman–Crippen LogP) is 5.97. The number of ether oxygens (including phenoxy) is 4. The fourth-order valence-corrected chi connectivity index (χ4v) is 5.45. The molecule has 0 saturated heterocycles. The van der Waals surface area contributed by atoms with Crippen molar-refractivity contribution in [3.63, 3.8) is 0 Å². The van der Waals surface area contributed by atoms with Crippen LogP contribution >= 0.6 is 0 Å². The Hall–Kier alpha value is -4.21. The number of fused-ring (bicyclic) bond motifs is 2. The van der Waals surface area contributed by atoms with Crippen LogP contribution in [0.15, 0.2) is 60.7 Å². The number of aryl methyl sites for hydroxylation is 1. The molecule has 5 rings (SSSR count). The second-order valence-corrected chi connectivity index (χ2v) is 10.1. The van der Waals surface area contributed by atoms with E-state index in [1.54, 1.807) is 50.4 Å². The number of amides is 1. The molecule has 3 aromatic rings. The van der Waals surface area contributed by atoms with E-state index in [1.165, 1.54) is 25.3 Å². The van der Waals surface area contributed by atoms with E-state index >= 15 is 0 Å². The first-order valence-electron chi connectivity index (χ1n) is 12.7. The number of methoxy groups -OCH3 is 2. The van der Waals surface area contributed by atoms with Gasteiger partial charge in [0.15, 0.2) is 0 Å². The summed E-state index contributed by atoms with van der Waals surface area (Å²) in [4.78, 5) is 25.7. The van der Waals surface area contributed by atoms with Gasteiger partial charge in [-0.2, -0.15) is 0 Å². The predicted molar refractivity (Wildman–Crippen MR) is 138 cm³/mol. The lowest BCUT2D eigenvalue weighted by atomic mass is 9.82. The molecule has 10 heteroatoms. The van der Waals surface area contributed by atoms with Gasteiger partial charge in [-0.15, -0.1) is 13.2 Å². The summed E-state index contributed by atoms with van der Waals surface area (Å²) in [6.45, 7) is 1.80. The summed E-state index contributed by atoms with van der Waals surface area (Å²) in [5.41, 5.74) is 2.40. The highest BCUT2D eigenvalue weighted by Crippen LogP contribution is 2.45. The number of carbonyl (C=O) groups excluding carboxylic acids is 2. The molecule has 0 spiro atoms. The molecule has 1 N–H and O–H groups in total. The second-order valence-electron chi connectivity index (χ2n) is 10.1. The average Bonchev–Trinajstić information content (AvgIpc) is 3.28. The van der Waals surface area contributed by atoms with Crippen LogP contribution in [0.5, 0.6) is 17.2 Å². The summed E-state index contributed by atoms with van der Waals surface area (Å²) in [5, 5.41) is 3.18. The number of esters is 1. The van der Waals surface area contributed by atoms with Crippen LogP contribution in [0.3, 0.4) is 0 Å². The van der Waals surface area contributed by atoms with E-state index in [4.69, 9.17) is 14.2 Å². The van der Waals surface area contributed by atoms with E-state index in [2.05, 4.69) is 10.1 Å². The van der Waals surface area contributed by atoms with Crippen molar-refractivity contribution in [2.24, 2.45) is 0 Å². The summed E-state index contributed by atoms with van der Waals surface area (Å²) in [7, 11) is 2.87. The Morgan fingerprint density at radius 1 is 1.00 bits per heavy atom. The number of rotatable bonds is 6. The molecule has 1 aliphatic heterocycles. The Balaban J connectivity index is 1.41. The minimum absolute atomic E-state index is 0.232. The van der Waals surface area contributed by atoms with E-state index in [0.29, 0.717) is 47.5 Å². The first kappa shape index (κ1) is 27.4. The van der Waals surface area contributed by atoms with E-state index in [0.717, 1.165) is 11.1 Å². The van der Waals surface area contributed by atoms with Gasteiger partial charge in [0.25, 0.3) is 0 Å². The number of alkyl halides is 3. The third-order valence-corrected chi connectivity index (χ3v) is 7.62. The fourth-order valence-electron chi connectivity index (χ4n) is 5.45. The van der Waals surface area contributed by atoms with Crippen LogP contribution in [0.4, 0.5) is 13.2 Å². The topological polar surface area (TPSA) is 83.1 Å². The quantitative estimate of drug-likeness (QED) is 0.378. The first-order chi connectivity index (χ1) is 19.0. The smallest absolute Gasteiger partial charge is 0.497 e. The molecule has 0 saturated carbocycles. The molecule has 0 bridgehead atoms. The third-order valence-electron chi connectivity index (χ3n) is 7.62. The zero-order valence-electron chi connectivity index (χ0n) is 22.1. The van der Waals surface area contributed by atoms with E-state index < -0.39 is 29.9 Å². The average molecular weight is 556 g/mol. The number of hydrogen-bond acceptors (Lipinski definition) is 6. The molecule has 1 heterocycles. The van der Waals surface area contributed by atoms with Crippen molar-refractivity contribution >= 4 is 11.9 Å². The lowest BCUT2D eigenvalue weighted by Gasteiger charge is -2.35. The van der Waals surface area contributed by atoms with Gasteiger partial charge >= 0.3 is 12.3 Å². The van der Waals surface area contributed by atoms with Crippen LogP contribution in [-0.4, -0.2) is 32.5 Å². The van der Waals surface area contributed by atoms with Gasteiger partial charge in [0.2, 0.25) is 5.91 Å². The van der Waals surface area contributed by atoms with Crippen LogP contribution < -0.4 is 19.5 Å². The highest BCUT2D eigenvalue weighted by atomic mass is 19.4. The molecule has 40 heavy (non-hydrogen) atoms. The Labute approximate surface area is 229 Å². The van der Waals surface area contributed by atoms with Gasteiger partial charge in [-0.25, -0.2) is 4.79 Å². The first-order valence-corrected chi connectivity index (χ1v) is 12.7. The molecule has 210 valence electrons. The van der Waals surface area contributed by atoms with Crippen molar-refractivity contribution in [2.45, 2.75) is 50.1 Å². The van der Waals surface area contributed by atoms with E-state index in [9.17, 15) is 22.8 Å². The molecule has 2 aliphatic rings. The number of halogens is 3. The molecule has 3 aromatic carbocycles. The van der Waals surface area contributed by atoms with Crippen LogP contribution in [0, 0.1) is 0 Å². The normalized spacial score (nSPS) is 21.4. The SMILES string of the molecule is COC(=O)c1ccc([C@H]2C[C@@H](NC(=O)C3(C)CCc4cc(OC(F)(F)F)ccc43)c3ccc(OC)cc3O2)cc1. The monoisotopic (exact) mass is 555 g/mol. The molecule has 0 fully saturated rings. The van der Waals surface area contributed by atoms with Crippen molar-refractivity contribution in [3.8, 4) is 17.2 Å². The highest BCUT2D eigenvalue weighted by molar-refractivity contribution is 5.90. The van der Waals surface area contributed by atoms with Crippen LogP contribution in [-0.2, 0) is 21.4 Å². The maximum Gasteiger partial charge on any atom is 0.573 e. The minimum atomic E-state index is -4.79. The number of nitrogens with one attached hydrogen (secondary N) is 1. The van der Waals surface area contributed by atoms with Gasteiger partial charge in [-0.1, -0.05) is 18.2 Å². The maximum absolute atomic E-state index is 13.8. The van der Waals surface area contributed by atoms with Gasteiger partial charge in [0, 0.05) is 18.1 Å². The molecule has 1 aliphatic carbocycles. The largest absolute Gasteiger partial charge is 0.573 e. The summed E-state index contributed by atoms with van der Waals surface area (Å²) < 4.78 is 58.6. The van der Waals surface area contributed by atoms with Crippen molar-refractivity contribution in [3.05, 3.63) is 88.5 Å². The molecular weight excluding hydrogens is 527 g/mol. The van der Waals surface area contributed by atoms with Gasteiger partial charge < -0.3 is 24.3 Å². The van der Waals surface area contributed by atoms with Crippen molar-refractivity contribution in [2.75, 3.05) is 14.2 Å². The summed E-state index contributed by atoms with van der Waals surface area (Å²) in [6, 6.07) is 16.0. The number of hydrogen-bond donors (Lipinski definition) is 1. The minimum Gasteiger partial charge on any atom is -0.497 e. The summed E-state index contributed by atoms with van der Waals surface area (Å²) >= 11 is 0. The molecule has 3 atom stereocenters. The van der Waals surface area contributed by atoms with E-state index in [-0.39, 0.29) is 11.7 Å². The maximum atomic E-state index is 13.8. The van der Waals surface area contributed by atoms with Crippen LogP contribution in [0.25, 0.3) is 0 Å². The van der Waals surface area contributed by atoms with Crippen molar-refractivity contribution in [1.29, 1.82) is 0 Å². The van der Waals surface area contributed by atoms with Gasteiger partial charge in [0.1, 0.15) is 23.4 Å². The van der Waals surface area contributed by atoms with Crippen molar-refractivity contribution in [1.82, 2.24) is 5.32 Å².